The summed E-state index contributed by atoms with van der Waals surface area (Å²) >= 11 is 0. The van der Waals surface area contributed by atoms with Crippen molar-refractivity contribution in [3.05, 3.63) is 35.9 Å². The molecule has 0 bridgehead atoms. The second-order valence-electron chi connectivity index (χ2n) is 7.02. The molecule has 1 aromatic rings. The number of benzene rings is 1. The lowest BCUT2D eigenvalue weighted by Crippen LogP contribution is -2.34. The fraction of sp³-hybridized carbons (Fsp3) is 0.474. The predicted octanol–water partition coefficient (Wildman–Crippen LogP) is 2.08. The van der Waals surface area contributed by atoms with E-state index in [1.165, 1.54) is 5.01 Å². The Bertz CT molecular complexity index is 710. The molecule has 0 saturated carbocycles. The molecule has 0 aliphatic carbocycles. The maximum absolute atomic E-state index is 12.1. The minimum absolute atomic E-state index is 0.0505. The van der Waals surface area contributed by atoms with E-state index in [1.54, 1.807) is 20.8 Å². The fourth-order valence-corrected chi connectivity index (χ4v) is 2.34. The van der Waals surface area contributed by atoms with Gasteiger partial charge in [-0.05, 0) is 26.3 Å². The van der Waals surface area contributed by atoms with E-state index in [0.29, 0.717) is 13.0 Å². The number of hydrogen-bond acceptors (Lipinski definition) is 6. The minimum atomic E-state index is -0.605. The molecule has 0 unspecified atom stereocenters. The lowest BCUT2D eigenvalue weighted by atomic mass is 10.1. The van der Waals surface area contributed by atoms with Crippen molar-refractivity contribution < 1.29 is 23.9 Å². The Morgan fingerprint density at radius 1 is 1.19 bits per heavy atom. The van der Waals surface area contributed by atoms with Crippen molar-refractivity contribution in [2.24, 2.45) is 5.10 Å². The van der Waals surface area contributed by atoms with Gasteiger partial charge in [-0.2, -0.15) is 5.10 Å². The number of hydrogen-bond donors (Lipinski definition) is 1. The first-order valence-corrected chi connectivity index (χ1v) is 8.80. The Kier molecular flexibility index (Phi) is 6.92. The van der Waals surface area contributed by atoms with E-state index in [0.717, 1.165) is 11.3 Å². The number of alkyl carbamates (subject to hydrolysis) is 1. The lowest BCUT2D eigenvalue weighted by molar-refractivity contribution is -0.151. The maximum Gasteiger partial charge on any atom is 0.407 e. The first kappa shape index (κ1) is 20.4. The molecule has 1 aliphatic rings. The highest BCUT2D eigenvalue weighted by atomic mass is 16.6. The number of nitrogens with one attached hydrogen (secondary N) is 1. The van der Waals surface area contributed by atoms with E-state index >= 15 is 0 Å². The predicted molar refractivity (Wildman–Crippen MR) is 99.1 cm³/mol. The van der Waals surface area contributed by atoms with E-state index in [4.69, 9.17) is 9.47 Å². The maximum atomic E-state index is 12.1. The number of carbonyl (C=O) groups is 3. The average molecular weight is 375 g/mol. The Hall–Kier alpha value is -2.90. The van der Waals surface area contributed by atoms with Gasteiger partial charge in [0.05, 0.1) is 18.7 Å². The summed E-state index contributed by atoms with van der Waals surface area (Å²) in [6.07, 6.45) is 0.000368. The first-order valence-electron chi connectivity index (χ1n) is 8.80. The number of esters is 1. The Balaban J connectivity index is 1.69. The molecule has 0 fully saturated rings. The molecule has 1 N–H and O–H groups in total. The summed E-state index contributed by atoms with van der Waals surface area (Å²) < 4.78 is 10.0. The highest BCUT2D eigenvalue weighted by Crippen LogP contribution is 2.13. The zero-order valence-electron chi connectivity index (χ0n) is 15.9. The lowest BCUT2D eigenvalue weighted by Gasteiger charge is -2.19. The number of amides is 2. The molecule has 0 spiro atoms. The van der Waals surface area contributed by atoms with Gasteiger partial charge in [0, 0.05) is 13.0 Å². The van der Waals surface area contributed by atoms with Crippen molar-refractivity contribution in [3.8, 4) is 0 Å². The number of carbonyl (C=O) groups excluding carboxylic acids is 3. The molecule has 8 heteroatoms. The summed E-state index contributed by atoms with van der Waals surface area (Å²) in [4.78, 5) is 35.3. The van der Waals surface area contributed by atoms with Crippen molar-refractivity contribution in [1.29, 1.82) is 0 Å². The van der Waals surface area contributed by atoms with Gasteiger partial charge in [-0.25, -0.2) is 9.80 Å². The van der Waals surface area contributed by atoms with Crippen LogP contribution in [0.1, 0.15) is 39.2 Å². The summed E-state index contributed by atoms with van der Waals surface area (Å²) in [7, 11) is 0. The topological polar surface area (TPSA) is 97.3 Å². The molecule has 1 aromatic carbocycles. The van der Waals surface area contributed by atoms with Crippen molar-refractivity contribution >= 4 is 23.7 Å². The van der Waals surface area contributed by atoms with E-state index in [2.05, 4.69) is 10.4 Å². The molecule has 27 heavy (non-hydrogen) atoms. The van der Waals surface area contributed by atoms with E-state index in [-0.39, 0.29) is 25.5 Å². The third kappa shape index (κ3) is 7.08. The summed E-state index contributed by atoms with van der Waals surface area (Å²) in [5.41, 5.74) is 1.20. The summed E-state index contributed by atoms with van der Waals surface area (Å²) in [5, 5.41) is 8.06. The molecule has 8 nitrogen and oxygen atoms in total. The van der Waals surface area contributed by atoms with Gasteiger partial charge in [-0.1, -0.05) is 30.3 Å². The minimum Gasteiger partial charge on any atom is -0.455 e. The van der Waals surface area contributed by atoms with Crippen LogP contribution in [0.25, 0.3) is 0 Å². The van der Waals surface area contributed by atoms with Crippen LogP contribution in [0.4, 0.5) is 4.79 Å². The van der Waals surface area contributed by atoms with Gasteiger partial charge in [0.2, 0.25) is 0 Å². The Morgan fingerprint density at radius 2 is 1.89 bits per heavy atom. The molecule has 2 amide bonds. The van der Waals surface area contributed by atoms with Gasteiger partial charge in [0.15, 0.2) is 6.61 Å². The highest BCUT2D eigenvalue weighted by Gasteiger charge is 2.22. The van der Waals surface area contributed by atoms with E-state index in [9.17, 15) is 14.4 Å². The van der Waals surface area contributed by atoms with Crippen molar-refractivity contribution in [2.75, 3.05) is 19.7 Å². The first-order chi connectivity index (χ1) is 12.7. The zero-order chi connectivity index (χ0) is 19.9. The normalized spacial score (nSPS) is 13.7. The van der Waals surface area contributed by atoms with E-state index < -0.39 is 17.7 Å². The molecule has 1 heterocycles. The largest absolute Gasteiger partial charge is 0.455 e. The molecule has 0 saturated heterocycles. The van der Waals surface area contributed by atoms with Crippen LogP contribution in [0.3, 0.4) is 0 Å². The van der Waals surface area contributed by atoms with Crippen LogP contribution >= 0.6 is 0 Å². The van der Waals surface area contributed by atoms with Crippen LogP contribution < -0.4 is 5.32 Å². The zero-order valence-corrected chi connectivity index (χ0v) is 15.9. The molecule has 146 valence electrons. The number of hydrazone groups is 1. The van der Waals surface area contributed by atoms with Crippen molar-refractivity contribution in [3.63, 3.8) is 0 Å². The molecular formula is C19H25N3O5. The van der Waals surface area contributed by atoms with Crippen LogP contribution in [0, 0.1) is 0 Å². The van der Waals surface area contributed by atoms with Crippen LogP contribution in [-0.4, -0.2) is 54.0 Å². The SMILES string of the molecule is CC(C)(C)OC(=O)NCCC(=O)OCC(=O)N1CCC(c2ccccc2)=N1. The Labute approximate surface area is 158 Å². The average Bonchev–Trinajstić information content (AvgIpc) is 3.09. The summed E-state index contributed by atoms with van der Waals surface area (Å²) in [6.45, 7) is 5.39. The van der Waals surface area contributed by atoms with Gasteiger partial charge in [0.25, 0.3) is 5.91 Å². The van der Waals surface area contributed by atoms with Gasteiger partial charge in [-0.15, -0.1) is 0 Å². The molecular weight excluding hydrogens is 350 g/mol. The smallest absolute Gasteiger partial charge is 0.407 e. The van der Waals surface area contributed by atoms with Crippen LogP contribution in [-0.2, 0) is 19.1 Å². The molecule has 2 rings (SSSR count). The molecule has 0 radical (unpaired) electrons. The highest BCUT2D eigenvalue weighted by molar-refractivity contribution is 6.02. The standard InChI is InChI=1S/C19H25N3O5/c1-19(2,3)27-18(25)20-11-9-17(24)26-13-16(23)22-12-10-15(21-22)14-7-5-4-6-8-14/h4-8H,9-13H2,1-3H3,(H,20,25). The summed E-state index contributed by atoms with van der Waals surface area (Å²) in [6, 6.07) is 9.61. The van der Waals surface area contributed by atoms with E-state index in [1.807, 2.05) is 30.3 Å². The van der Waals surface area contributed by atoms with Gasteiger partial charge < -0.3 is 14.8 Å². The monoisotopic (exact) mass is 375 g/mol. The number of ether oxygens (including phenoxy) is 2. The number of rotatable bonds is 6. The van der Waals surface area contributed by atoms with Crippen LogP contribution in [0.15, 0.2) is 35.4 Å². The van der Waals surface area contributed by atoms with Gasteiger partial charge in [0.1, 0.15) is 5.60 Å². The molecule has 0 aromatic heterocycles. The Morgan fingerprint density at radius 3 is 2.56 bits per heavy atom. The second kappa shape index (κ2) is 9.16. The summed E-state index contributed by atoms with van der Waals surface area (Å²) in [5.74, 6) is -0.958. The fourth-order valence-electron chi connectivity index (χ4n) is 2.34. The molecule has 0 atom stereocenters. The third-order valence-corrected chi connectivity index (χ3v) is 3.55. The van der Waals surface area contributed by atoms with Crippen LogP contribution in [0.5, 0.6) is 0 Å². The van der Waals surface area contributed by atoms with Gasteiger partial charge >= 0.3 is 12.1 Å². The van der Waals surface area contributed by atoms with Gasteiger partial charge in [-0.3, -0.25) is 9.59 Å². The second-order valence-corrected chi connectivity index (χ2v) is 7.02. The molecule has 1 aliphatic heterocycles. The number of nitrogens with zero attached hydrogens (tertiary/aromatic N) is 2. The third-order valence-electron chi connectivity index (χ3n) is 3.55. The quantitative estimate of drug-likeness (QED) is 0.768. The van der Waals surface area contributed by atoms with Crippen molar-refractivity contribution in [1.82, 2.24) is 10.3 Å². The van der Waals surface area contributed by atoms with Crippen LogP contribution in [0.2, 0.25) is 0 Å². The van der Waals surface area contributed by atoms with Crippen molar-refractivity contribution in [2.45, 2.75) is 39.2 Å².